The number of hydrogen-bond donors (Lipinski definition) is 0. The van der Waals surface area contributed by atoms with Gasteiger partial charge in [-0.05, 0) is 17.4 Å². The van der Waals surface area contributed by atoms with Gasteiger partial charge in [-0.1, -0.05) is 20.1 Å². The topological polar surface area (TPSA) is 18.5 Å². The van der Waals surface area contributed by atoms with Gasteiger partial charge in [-0.15, -0.1) is 0 Å². The van der Waals surface area contributed by atoms with Crippen LogP contribution >= 0.6 is 23.5 Å². The molecule has 0 rings (SSSR count). The molecule has 4 heteroatoms. The zero-order chi connectivity index (χ0) is 12.1. The summed E-state index contributed by atoms with van der Waals surface area (Å²) in [6.45, 7) is 10.8. The second-order valence-electron chi connectivity index (χ2n) is 3.33. The van der Waals surface area contributed by atoms with Gasteiger partial charge in [0, 0.05) is 11.5 Å². The van der Waals surface area contributed by atoms with Crippen LogP contribution in [-0.2, 0) is 9.47 Å². The van der Waals surface area contributed by atoms with Gasteiger partial charge < -0.3 is 9.47 Å². The predicted molar refractivity (Wildman–Crippen MR) is 76.1 cm³/mol. The Morgan fingerprint density at radius 1 is 1.00 bits per heavy atom. The maximum absolute atomic E-state index is 5.05. The Hall–Kier alpha value is -0.220. The highest BCUT2D eigenvalue weighted by atomic mass is 32.2. The van der Waals surface area contributed by atoms with E-state index in [4.69, 9.17) is 9.47 Å². The molecule has 0 N–H and O–H groups in total. The van der Waals surface area contributed by atoms with E-state index in [1.807, 2.05) is 23.5 Å². The Kier molecular flexibility index (Phi) is 12.7. The van der Waals surface area contributed by atoms with Gasteiger partial charge in [-0.2, -0.15) is 23.5 Å². The summed E-state index contributed by atoms with van der Waals surface area (Å²) in [5.74, 6) is 5.20. The highest BCUT2D eigenvalue weighted by Crippen LogP contribution is 2.14. The van der Waals surface area contributed by atoms with E-state index in [2.05, 4.69) is 20.1 Å². The van der Waals surface area contributed by atoms with Crippen molar-refractivity contribution < 1.29 is 9.47 Å². The lowest BCUT2D eigenvalue weighted by atomic mass is 10.3. The van der Waals surface area contributed by atoms with Crippen LogP contribution in [0.25, 0.3) is 0 Å². The Labute approximate surface area is 108 Å². The highest BCUT2D eigenvalue weighted by molar-refractivity contribution is 8.00. The number of rotatable bonds is 12. The van der Waals surface area contributed by atoms with E-state index in [-0.39, 0.29) is 0 Å². The average molecular weight is 262 g/mol. The molecule has 0 spiro atoms. The predicted octanol–water partition coefficient (Wildman–Crippen LogP) is 3.41. The van der Waals surface area contributed by atoms with Crippen molar-refractivity contribution in [3.63, 3.8) is 0 Å². The first-order valence-electron chi connectivity index (χ1n) is 5.41. The largest absolute Gasteiger partial charge is 0.501 e. The third-order valence-electron chi connectivity index (χ3n) is 1.73. The molecule has 0 atom stereocenters. The van der Waals surface area contributed by atoms with Gasteiger partial charge in [0.05, 0.1) is 25.7 Å². The SMILES string of the molecule is C=COCCSCC(C)CSCCOC=C. The Bertz CT molecular complexity index is 156. The maximum Gasteiger partial charge on any atom is 0.0963 e. The minimum absolute atomic E-state index is 0.738. The third kappa shape index (κ3) is 11.9. The van der Waals surface area contributed by atoms with E-state index < -0.39 is 0 Å². The van der Waals surface area contributed by atoms with E-state index in [1.165, 1.54) is 24.0 Å². The van der Waals surface area contributed by atoms with Gasteiger partial charge >= 0.3 is 0 Å². The molecule has 0 amide bonds. The van der Waals surface area contributed by atoms with E-state index in [0.717, 1.165) is 30.6 Å². The molecular weight excluding hydrogens is 240 g/mol. The van der Waals surface area contributed by atoms with Crippen LogP contribution in [0.5, 0.6) is 0 Å². The van der Waals surface area contributed by atoms with Gasteiger partial charge in [-0.3, -0.25) is 0 Å². The van der Waals surface area contributed by atoms with E-state index in [0.29, 0.717) is 0 Å². The zero-order valence-electron chi connectivity index (χ0n) is 10.0. The van der Waals surface area contributed by atoms with Crippen LogP contribution in [0.4, 0.5) is 0 Å². The summed E-state index contributed by atoms with van der Waals surface area (Å²) in [5.41, 5.74) is 0. The van der Waals surface area contributed by atoms with Crippen molar-refractivity contribution in [1.29, 1.82) is 0 Å². The summed E-state index contributed by atoms with van der Waals surface area (Å²) >= 11 is 3.87. The number of hydrogen-bond acceptors (Lipinski definition) is 4. The first-order valence-corrected chi connectivity index (χ1v) is 7.72. The minimum Gasteiger partial charge on any atom is -0.501 e. The van der Waals surface area contributed by atoms with E-state index >= 15 is 0 Å². The van der Waals surface area contributed by atoms with Gasteiger partial charge in [0.15, 0.2) is 0 Å². The van der Waals surface area contributed by atoms with Crippen LogP contribution in [0.1, 0.15) is 6.92 Å². The summed E-state index contributed by atoms with van der Waals surface area (Å²) < 4.78 is 10.1. The molecule has 0 fully saturated rings. The van der Waals surface area contributed by atoms with Crippen molar-refractivity contribution in [2.75, 3.05) is 36.2 Å². The van der Waals surface area contributed by atoms with Crippen molar-refractivity contribution in [1.82, 2.24) is 0 Å². The molecule has 0 bridgehead atoms. The molecule has 0 aliphatic heterocycles. The van der Waals surface area contributed by atoms with Gasteiger partial charge in [0.25, 0.3) is 0 Å². The first kappa shape index (κ1) is 15.8. The quantitative estimate of drug-likeness (QED) is 0.396. The zero-order valence-corrected chi connectivity index (χ0v) is 11.7. The second kappa shape index (κ2) is 12.8. The molecule has 0 heterocycles. The highest BCUT2D eigenvalue weighted by Gasteiger charge is 2.02. The summed E-state index contributed by atoms with van der Waals surface area (Å²) in [7, 11) is 0. The minimum atomic E-state index is 0.738. The van der Waals surface area contributed by atoms with Gasteiger partial charge in [0.2, 0.25) is 0 Å². The lowest BCUT2D eigenvalue weighted by Crippen LogP contribution is -2.05. The van der Waals surface area contributed by atoms with Crippen LogP contribution in [-0.4, -0.2) is 36.2 Å². The smallest absolute Gasteiger partial charge is 0.0963 e. The molecule has 94 valence electrons. The van der Waals surface area contributed by atoms with Crippen LogP contribution in [0, 0.1) is 5.92 Å². The monoisotopic (exact) mass is 262 g/mol. The fourth-order valence-corrected chi connectivity index (χ4v) is 2.95. The van der Waals surface area contributed by atoms with Crippen LogP contribution in [0.3, 0.4) is 0 Å². The fourth-order valence-electron chi connectivity index (χ4n) is 0.998. The van der Waals surface area contributed by atoms with E-state index in [9.17, 15) is 0 Å². The molecule has 0 aromatic rings. The Balaban J connectivity index is 3.14. The lowest BCUT2D eigenvalue weighted by molar-refractivity contribution is 0.274. The fraction of sp³-hybridized carbons (Fsp3) is 0.667. The molecule has 16 heavy (non-hydrogen) atoms. The molecule has 0 saturated heterocycles. The summed E-state index contributed by atoms with van der Waals surface area (Å²) in [6.07, 6.45) is 3.00. The van der Waals surface area contributed by atoms with Crippen molar-refractivity contribution >= 4 is 23.5 Å². The Morgan fingerprint density at radius 3 is 1.81 bits per heavy atom. The number of ether oxygens (including phenoxy) is 2. The molecule has 0 aromatic carbocycles. The van der Waals surface area contributed by atoms with Crippen LogP contribution in [0.15, 0.2) is 25.7 Å². The molecule has 0 radical (unpaired) electrons. The number of thioether (sulfide) groups is 2. The van der Waals surface area contributed by atoms with Crippen molar-refractivity contribution in [3.05, 3.63) is 25.7 Å². The van der Waals surface area contributed by atoms with Crippen molar-refractivity contribution in [2.45, 2.75) is 6.92 Å². The molecule has 0 saturated carbocycles. The van der Waals surface area contributed by atoms with Crippen LogP contribution < -0.4 is 0 Å². The molecular formula is C12H22O2S2. The molecule has 0 aliphatic rings. The Morgan fingerprint density at radius 2 is 1.44 bits per heavy atom. The maximum atomic E-state index is 5.05. The van der Waals surface area contributed by atoms with Crippen molar-refractivity contribution in [3.8, 4) is 0 Å². The normalized spacial score (nSPS) is 10.1. The molecule has 0 aliphatic carbocycles. The van der Waals surface area contributed by atoms with E-state index in [1.54, 1.807) is 0 Å². The molecule has 0 unspecified atom stereocenters. The van der Waals surface area contributed by atoms with Crippen molar-refractivity contribution in [2.24, 2.45) is 5.92 Å². The summed E-state index contributed by atoms with van der Waals surface area (Å²) in [5, 5.41) is 0. The second-order valence-corrected chi connectivity index (χ2v) is 5.63. The summed E-state index contributed by atoms with van der Waals surface area (Å²) in [6, 6.07) is 0. The van der Waals surface area contributed by atoms with Crippen LogP contribution in [0.2, 0.25) is 0 Å². The first-order chi connectivity index (χ1) is 7.81. The molecule has 0 aromatic heterocycles. The summed E-state index contributed by atoms with van der Waals surface area (Å²) in [4.78, 5) is 0. The standard InChI is InChI=1S/C12H22O2S2/c1-4-13-6-8-15-10-12(3)11-16-9-7-14-5-2/h4-5,12H,1-2,6-11H2,3H3. The molecule has 2 nitrogen and oxygen atoms in total. The lowest BCUT2D eigenvalue weighted by Gasteiger charge is -2.10. The average Bonchev–Trinajstić information content (AvgIpc) is 2.28. The van der Waals surface area contributed by atoms with Gasteiger partial charge in [0.1, 0.15) is 0 Å². The van der Waals surface area contributed by atoms with Gasteiger partial charge in [-0.25, -0.2) is 0 Å². The third-order valence-corrected chi connectivity index (χ3v) is 4.25.